The molecule has 1 fully saturated rings. The molecule has 5 heteroatoms. The van der Waals surface area contributed by atoms with Gasteiger partial charge in [-0.15, -0.1) is 10.2 Å². The highest BCUT2D eigenvalue weighted by Gasteiger charge is 2.33. The SMILES string of the molecule is CC(C)c1ccc(CN(C(=O)c2ccc3nncn3c2)C2CC2)cc1. The molecule has 0 N–H and O–H groups in total. The van der Waals surface area contributed by atoms with Crippen LogP contribution in [0.1, 0.15) is 54.1 Å². The van der Waals surface area contributed by atoms with Crippen molar-refractivity contribution < 1.29 is 4.79 Å². The number of rotatable bonds is 5. The fourth-order valence-corrected chi connectivity index (χ4v) is 3.08. The largest absolute Gasteiger partial charge is 0.331 e. The van der Waals surface area contributed by atoms with Crippen molar-refractivity contribution in [1.29, 1.82) is 0 Å². The van der Waals surface area contributed by atoms with Crippen LogP contribution in [-0.2, 0) is 6.54 Å². The van der Waals surface area contributed by atoms with Crippen LogP contribution in [0, 0.1) is 0 Å². The maximum atomic E-state index is 13.0. The molecule has 0 spiro atoms. The summed E-state index contributed by atoms with van der Waals surface area (Å²) in [7, 11) is 0. The van der Waals surface area contributed by atoms with Gasteiger partial charge in [0.05, 0.1) is 5.56 Å². The molecule has 0 unspecified atom stereocenters. The molecule has 2 aromatic heterocycles. The highest BCUT2D eigenvalue weighted by atomic mass is 16.2. The highest BCUT2D eigenvalue weighted by Crippen LogP contribution is 2.30. The van der Waals surface area contributed by atoms with Gasteiger partial charge < -0.3 is 4.90 Å². The fraction of sp³-hybridized carbons (Fsp3) is 0.350. The number of amides is 1. The standard InChI is InChI=1S/C20H22N4O/c1-14(2)16-5-3-15(4-6-16)11-24(18-8-9-18)20(25)17-7-10-19-22-21-13-23(19)12-17/h3-7,10,12-14,18H,8-9,11H2,1-2H3. The number of hydrogen-bond donors (Lipinski definition) is 0. The van der Waals surface area contributed by atoms with Gasteiger partial charge in [-0.05, 0) is 42.0 Å². The van der Waals surface area contributed by atoms with Gasteiger partial charge in [-0.1, -0.05) is 38.1 Å². The van der Waals surface area contributed by atoms with Crippen molar-refractivity contribution in [3.8, 4) is 0 Å². The molecule has 1 saturated carbocycles. The molecule has 1 aromatic carbocycles. The van der Waals surface area contributed by atoms with Crippen LogP contribution in [0.2, 0.25) is 0 Å². The van der Waals surface area contributed by atoms with Crippen molar-refractivity contribution in [1.82, 2.24) is 19.5 Å². The van der Waals surface area contributed by atoms with Crippen LogP contribution in [0.3, 0.4) is 0 Å². The Morgan fingerprint density at radius 3 is 2.64 bits per heavy atom. The first-order chi connectivity index (χ1) is 12.1. The van der Waals surface area contributed by atoms with Crippen LogP contribution in [0.5, 0.6) is 0 Å². The molecule has 128 valence electrons. The number of fused-ring (bicyclic) bond motifs is 1. The average molecular weight is 334 g/mol. The zero-order chi connectivity index (χ0) is 17.4. The first-order valence-corrected chi connectivity index (χ1v) is 8.81. The van der Waals surface area contributed by atoms with E-state index in [1.54, 1.807) is 10.7 Å². The molecular weight excluding hydrogens is 312 g/mol. The summed E-state index contributed by atoms with van der Waals surface area (Å²) in [4.78, 5) is 15.0. The number of nitrogens with zero attached hydrogens (tertiary/aromatic N) is 4. The second-order valence-electron chi connectivity index (χ2n) is 7.07. The number of pyridine rings is 1. The Morgan fingerprint density at radius 2 is 1.96 bits per heavy atom. The van der Waals surface area contributed by atoms with E-state index in [2.05, 4.69) is 48.3 Å². The summed E-state index contributed by atoms with van der Waals surface area (Å²) in [6.07, 6.45) is 5.61. The summed E-state index contributed by atoms with van der Waals surface area (Å²) in [6, 6.07) is 12.6. The highest BCUT2D eigenvalue weighted by molar-refractivity contribution is 5.94. The van der Waals surface area contributed by atoms with Gasteiger partial charge in [0.2, 0.25) is 0 Å². The van der Waals surface area contributed by atoms with E-state index in [1.165, 1.54) is 11.1 Å². The monoisotopic (exact) mass is 334 g/mol. The zero-order valence-electron chi connectivity index (χ0n) is 14.6. The normalized spacial score (nSPS) is 14.2. The van der Waals surface area contributed by atoms with Crippen LogP contribution in [-0.4, -0.2) is 31.4 Å². The third kappa shape index (κ3) is 3.27. The van der Waals surface area contributed by atoms with E-state index in [9.17, 15) is 4.79 Å². The Balaban J connectivity index is 1.57. The molecule has 0 saturated heterocycles. The number of carbonyl (C=O) groups excluding carboxylic acids is 1. The maximum Gasteiger partial charge on any atom is 0.255 e. The van der Waals surface area contributed by atoms with Crippen molar-refractivity contribution in [2.45, 2.75) is 45.2 Å². The predicted octanol–water partition coefficient (Wildman–Crippen LogP) is 3.66. The minimum atomic E-state index is 0.0750. The summed E-state index contributed by atoms with van der Waals surface area (Å²) >= 11 is 0. The average Bonchev–Trinajstić information content (AvgIpc) is 3.35. The van der Waals surface area contributed by atoms with Crippen molar-refractivity contribution in [2.24, 2.45) is 0 Å². The maximum absolute atomic E-state index is 13.0. The van der Waals surface area contributed by atoms with E-state index in [4.69, 9.17) is 0 Å². The molecule has 25 heavy (non-hydrogen) atoms. The molecule has 1 aliphatic carbocycles. The first kappa shape index (κ1) is 15.8. The second kappa shape index (κ2) is 6.31. The van der Waals surface area contributed by atoms with Gasteiger partial charge in [0.1, 0.15) is 6.33 Å². The molecule has 0 aliphatic heterocycles. The molecular formula is C20H22N4O. The van der Waals surface area contributed by atoms with Crippen molar-refractivity contribution in [3.63, 3.8) is 0 Å². The van der Waals surface area contributed by atoms with Gasteiger partial charge in [0, 0.05) is 18.8 Å². The quantitative estimate of drug-likeness (QED) is 0.715. The van der Waals surface area contributed by atoms with E-state index in [0.29, 0.717) is 24.1 Å². The Bertz CT molecular complexity index is 893. The van der Waals surface area contributed by atoms with Crippen molar-refractivity contribution >= 4 is 11.6 Å². The predicted molar refractivity (Wildman–Crippen MR) is 96.4 cm³/mol. The Morgan fingerprint density at radius 1 is 1.20 bits per heavy atom. The third-order valence-electron chi connectivity index (χ3n) is 4.79. The Kier molecular flexibility index (Phi) is 3.99. The van der Waals surface area contributed by atoms with Gasteiger partial charge in [-0.25, -0.2) is 0 Å². The van der Waals surface area contributed by atoms with Crippen LogP contribution < -0.4 is 0 Å². The molecule has 4 rings (SSSR count). The lowest BCUT2D eigenvalue weighted by Crippen LogP contribution is -2.32. The lowest BCUT2D eigenvalue weighted by Gasteiger charge is -2.23. The molecule has 1 aliphatic rings. The topological polar surface area (TPSA) is 50.5 Å². The van der Waals surface area contributed by atoms with Crippen LogP contribution in [0.15, 0.2) is 48.9 Å². The van der Waals surface area contributed by atoms with Gasteiger partial charge in [-0.3, -0.25) is 9.20 Å². The smallest absolute Gasteiger partial charge is 0.255 e. The molecule has 2 heterocycles. The van der Waals surface area contributed by atoms with E-state index in [1.807, 2.05) is 23.2 Å². The summed E-state index contributed by atoms with van der Waals surface area (Å²) in [5.41, 5.74) is 3.93. The molecule has 0 atom stereocenters. The summed E-state index contributed by atoms with van der Waals surface area (Å²) in [5, 5.41) is 7.86. The number of aromatic nitrogens is 3. The summed E-state index contributed by atoms with van der Waals surface area (Å²) < 4.78 is 1.79. The molecule has 0 radical (unpaired) electrons. The van der Waals surface area contributed by atoms with E-state index < -0.39 is 0 Å². The fourth-order valence-electron chi connectivity index (χ4n) is 3.08. The number of benzene rings is 1. The minimum absolute atomic E-state index is 0.0750. The molecule has 1 amide bonds. The van der Waals surface area contributed by atoms with Gasteiger partial charge in [-0.2, -0.15) is 0 Å². The lowest BCUT2D eigenvalue weighted by molar-refractivity contribution is 0.0729. The zero-order valence-corrected chi connectivity index (χ0v) is 14.6. The van der Waals surface area contributed by atoms with Crippen molar-refractivity contribution in [2.75, 3.05) is 0 Å². The number of carbonyl (C=O) groups is 1. The van der Waals surface area contributed by atoms with Crippen molar-refractivity contribution in [3.05, 3.63) is 65.6 Å². The minimum Gasteiger partial charge on any atom is -0.331 e. The van der Waals surface area contributed by atoms with Crippen LogP contribution in [0.4, 0.5) is 0 Å². The summed E-state index contributed by atoms with van der Waals surface area (Å²) in [6.45, 7) is 5.04. The summed E-state index contributed by atoms with van der Waals surface area (Å²) in [5.74, 6) is 0.594. The van der Waals surface area contributed by atoms with E-state index in [0.717, 1.165) is 18.5 Å². The van der Waals surface area contributed by atoms with Crippen LogP contribution >= 0.6 is 0 Å². The first-order valence-electron chi connectivity index (χ1n) is 8.81. The third-order valence-corrected chi connectivity index (χ3v) is 4.79. The Hall–Kier alpha value is -2.69. The lowest BCUT2D eigenvalue weighted by atomic mass is 10.0. The Labute approximate surface area is 147 Å². The molecule has 5 nitrogen and oxygen atoms in total. The molecule has 0 bridgehead atoms. The van der Waals surface area contributed by atoms with E-state index >= 15 is 0 Å². The van der Waals surface area contributed by atoms with Gasteiger partial charge in [0.15, 0.2) is 5.65 Å². The van der Waals surface area contributed by atoms with Gasteiger partial charge in [0.25, 0.3) is 5.91 Å². The van der Waals surface area contributed by atoms with Crippen LogP contribution in [0.25, 0.3) is 5.65 Å². The van der Waals surface area contributed by atoms with E-state index in [-0.39, 0.29) is 5.91 Å². The number of hydrogen-bond acceptors (Lipinski definition) is 3. The second-order valence-corrected chi connectivity index (χ2v) is 7.07. The van der Waals surface area contributed by atoms with Gasteiger partial charge >= 0.3 is 0 Å². The molecule has 3 aromatic rings.